The van der Waals surface area contributed by atoms with Crippen LogP contribution in [-0.2, 0) is 0 Å². The summed E-state index contributed by atoms with van der Waals surface area (Å²) in [5.41, 5.74) is 0. The lowest BCUT2D eigenvalue weighted by molar-refractivity contribution is 0.164. The Morgan fingerprint density at radius 1 is 1.45 bits per heavy atom. The van der Waals surface area contributed by atoms with Gasteiger partial charge in [-0.2, -0.15) is 4.98 Å². The molecular weight excluding hydrogens is 257 g/mol. The molecule has 1 aromatic rings. The van der Waals surface area contributed by atoms with E-state index in [2.05, 4.69) is 27.1 Å². The summed E-state index contributed by atoms with van der Waals surface area (Å²) in [7, 11) is 3.55. The molecular formula is C14H24FN5. The first-order chi connectivity index (χ1) is 9.61. The molecule has 0 bridgehead atoms. The summed E-state index contributed by atoms with van der Waals surface area (Å²) in [6, 6.07) is 0.519. The molecule has 2 heterocycles. The molecule has 0 aliphatic carbocycles. The Bertz CT molecular complexity index is 438. The number of nitrogens with one attached hydrogen (secondary N) is 1. The van der Waals surface area contributed by atoms with E-state index >= 15 is 0 Å². The van der Waals surface area contributed by atoms with Crippen molar-refractivity contribution in [2.24, 2.45) is 0 Å². The van der Waals surface area contributed by atoms with E-state index in [0.29, 0.717) is 17.8 Å². The smallest absolute Gasteiger partial charge is 0.224 e. The lowest BCUT2D eigenvalue weighted by atomic mass is 10.0. The third-order valence-electron chi connectivity index (χ3n) is 3.80. The molecule has 0 aromatic carbocycles. The highest BCUT2D eigenvalue weighted by Crippen LogP contribution is 2.18. The van der Waals surface area contributed by atoms with Crippen LogP contribution in [-0.4, -0.2) is 54.6 Å². The van der Waals surface area contributed by atoms with Crippen molar-refractivity contribution in [2.45, 2.75) is 32.2 Å². The van der Waals surface area contributed by atoms with Gasteiger partial charge in [-0.3, -0.25) is 4.90 Å². The highest BCUT2D eigenvalue weighted by molar-refractivity contribution is 5.42. The Morgan fingerprint density at radius 3 is 2.95 bits per heavy atom. The van der Waals surface area contributed by atoms with Crippen LogP contribution in [0.15, 0.2) is 6.20 Å². The van der Waals surface area contributed by atoms with Gasteiger partial charge in [-0.25, -0.2) is 9.37 Å². The highest BCUT2D eigenvalue weighted by atomic mass is 19.1. The first-order valence-corrected chi connectivity index (χ1v) is 7.29. The van der Waals surface area contributed by atoms with Gasteiger partial charge in [-0.1, -0.05) is 13.3 Å². The summed E-state index contributed by atoms with van der Waals surface area (Å²) < 4.78 is 13.5. The lowest BCUT2D eigenvalue weighted by Crippen LogP contribution is -2.43. The predicted molar refractivity (Wildman–Crippen MR) is 79.7 cm³/mol. The summed E-state index contributed by atoms with van der Waals surface area (Å²) >= 11 is 0. The number of nitrogens with zero attached hydrogens (tertiary/aromatic N) is 4. The normalized spacial score (nSPS) is 19.9. The molecule has 0 amide bonds. The fourth-order valence-electron chi connectivity index (χ4n) is 2.67. The molecule has 0 saturated carbocycles. The monoisotopic (exact) mass is 281 g/mol. The predicted octanol–water partition coefficient (Wildman–Crippen LogP) is 1.97. The molecule has 5 nitrogen and oxygen atoms in total. The third kappa shape index (κ3) is 3.56. The van der Waals surface area contributed by atoms with Crippen LogP contribution in [0.25, 0.3) is 0 Å². The van der Waals surface area contributed by atoms with Gasteiger partial charge in [-0.15, -0.1) is 0 Å². The molecule has 1 N–H and O–H groups in total. The van der Waals surface area contributed by atoms with Gasteiger partial charge in [0.25, 0.3) is 0 Å². The number of rotatable bonds is 5. The number of aromatic nitrogens is 2. The van der Waals surface area contributed by atoms with E-state index in [1.165, 1.54) is 25.5 Å². The number of hydrogen-bond donors (Lipinski definition) is 1. The molecule has 1 aliphatic heterocycles. The molecule has 1 aliphatic rings. The lowest BCUT2D eigenvalue weighted by Gasteiger charge is -2.34. The average molecular weight is 281 g/mol. The zero-order chi connectivity index (χ0) is 14.5. The van der Waals surface area contributed by atoms with Gasteiger partial charge in [0, 0.05) is 26.7 Å². The fraction of sp³-hybridized carbons (Fsp3) is 0.714. The van der Waals surface area contributed by atoms with Gasteiger partial charge >= 0.3 is 0 Å². The number of hydrogen-bond acceptors (Lipinski definition) is 5. The Kier molecular flexibility index (Phi) is 5.11. The Morgan fingerprint density at radius 2 is 2.25 bits per heavy atom. The van der Waals surface area contributed by atoms with Crippen LogP contribution < -0.4 is 10.2 Å². The van der Waals surface area contributed by atoms with Crippen LogP contribution in [0, 0.1) is 5.82 Å². The Balaban J connectivity index is 1.98. The minimum absolute atomic E-state index is 0.318. The summed E-state index contributed by atoms with van der Waals surface area (Å²) in [6.07, 6.45) is 4.98. The quantitative estimate of drug-likeness (QED) is 0.894. The van der Waals surface area contributed by atoms with Gasteiger partial charge in [0.05, 0.1) is 6.20 Å². The van der Waals surface area contributed by atoms with Gasteiger partial charge < -0.3 is 10.2 Å². The first kappa shape index (κ1) is 15.0. The van der Waals surface area contributed by atoms with E-state index in [9.17, 15) is 4.39 Å². The van der Waals surface area contributed by atoms with E-state index in [-0.39, 0.29) is 0 Å². The van der Waals surface area contributed by atoms with Crippen LogP contribution in [0.5, 0.6) is 0 Å². The van der Waals surface area contributed by atoms with Gasteiger partial charge in [0.15, 0.2) is 11.6 Å². The first-order valence-electron chi connectivity index (χ1n) is 7.29. The van der Waals surface area contributed by atoms with Crippen molar-refractivity contribution in [1.82, 2.24) is 14.9 Å². The summed E-state index contributed by atoms with van der Waals surface area (Å²) in [5.74, 6) is 0.420. The molecule has 0 radical (unpaired) electrons. The Hall–Kier alpha value is -1.43. The van der Waals surface area contributed by atoms with Crippen LogP contribution in [0.4, 0.5) is 16.2 Å². The largest absolute Gasteiger partial charge is 0.360 e. The summed E-state index contributed by atoms with van der Waals surface area (Å²) in [4.78, 5) is 12.4. The van der Waals surface area contributed by atoms with Crippen molar-refractivity contribution in [2.75, 3.05) is 43.9 Å². The average Bonchev–Trinajstić information content (AvgIpc) is 2.46. The van der Waals surface area contributed by atoms with Crippen molar-refractivity contribution in [3.63, 3.8) is 0 Å². The maximum Gasteiger partial charge on any atom is 0.224 e. The second-order valence-corrected chi connectivity index (χ2v) is 5.42. The van der Waals surface area contributed by atoms with Gasteiger partial charge in [0.2, 0.25) is 5.95 Å². The van der Waals surface area contributed by atoms with Crippen molar-refractivity contribution in [3.05, 3.63) is 12.0 Å². The maximum atomic E-state index is 13.5. The van der Waals surface area contributed by atoms with Crippen LogP contribution in [0.2, 0.25) is 0 Å². The van der Waals surface area contributed by atoms with Crippen molar-refractivity contribution in [3.8, 4) is 0 Å². The molecule has 1 aromatic heterocycles. The zero-order valence-corrected chi connectivity index (χ0v) is 12.6. The molecule has 2 rings (SSSR count). The van der Waals surface area contributed by atoms with Crippen molar-refractivity contribution in [1.29, 1.82) is 0 Å². The van der Waals surface area contributed by atoms with Crippen molar-refractivity contribution >= 4 is 11.8 Å². The van der Waals surface area contributed by atoms with Crippen molar-refractivity contribution < 1.29 is 4.39 Å². The van der Waals surface area contributed by atoms with E-state index in [1.807, 2.05) is 0 Å². The molecule has 1 fully saturated rings. The summed E-state index contributed by atoms with van der Waals surface area (Å²) in [5, 5.41) is 3.24. The SMILES string of the molecule is CCN1CCCCC1CNc1ncc(F)c(N(C)C)n1. The third-order valence-corrected chi connectivity index (χ3v) is 3.80. The molecule has 1 atom stereocenters. The van der Waals surface area contributed by atoms with Crippen LogP contribution >= 0.6 is 0 Å². The molecule has 1 saturated heterocycles. The van der Waals surface area contributed by atoms with Gasteiger partial charge in [0.1, 0.15) is 0 Å². The zero-order valence-electron chi connectivity index (χ0n) is 12.6. The number of piperidine rings is 1. The highest BCUT2D eigenvalue weighted by Gasteiger charge is 2.21. The fourth-order valence-corrected chi connectivity index (χ4v) is 2.67. The van der Waals surface area contributed by atoms with E-state index in [0.717, 1.165) is 19.6 Å². The van der Waals surface area contributed by atoms with E-state index < -0.39 is 5.82 Å². The number of halogens is 1. The summed E-state index contributed by atoms with van der Waals surface area (Å²) in [6.45, 7) is 5.23. The van der Waals surface area contributed by atoms with E-state index in [4.69, 9.17) is 0 Å². The van der Waals surface area contributed by atoms with E-state index in [1.54, 1.807) is 19.0 Å². The maximum absolute atomic E-state index is 13.5. The standard InChI is InChI=1S/C14H24FN5/c1-4-20-8-6-5-7-11(20)9-16-14-17-10-12(15)13(18-14)19(2)3/h10-11H,4-9H2,1-3H3,(H,16,17,18). The molecule has 0 spiro atoms. The number of likely N-dealkylation sites (N-methyl/N-ethyl adjacent to an activating group) is 1. The van der Waals surface area contributed by atoms with Gasteiger partial charge in [-0.05, 0) is 25.9 Å². The molecule has 6 heteroatoms. The molecule has 20 heavy (non-hydrogen) atoms. The molecule has 1 unspecified atom stereocenters. The topological polar surface area (TPSA) is 44.3 Å². The van der Waals surface area contributed by atoms with Crippen LogP contribution in [0.3, 0.4) is 0 Å². The van der Waals surface area contributed by atoms with Crippen LogP contribution in [0.1, 0.15) is 26.2 Å². The second-order valence-electron chi connectivity index (χ2n) is 5.42. The minimum Gasteiger partial charge on any atom is -0.360 e. The number of likely N-dealkylation sites (tertiary alicyclic amines) is 1. The minimum atomic E-state index is -0.395. The Labute approximate surface area is 120 Å². The molecule has 112 valence electrons. The second kappa shape index (κ2) is 6.83. The number of anilines is 2.